The molecule has 2 aromatic rings. The van der Waals surface area contributed by atoms with Crippen molar-refractivity contribution in [1.82, 2.24) is 4.98 Å². The Morgan fingerprint density at radius 3 is 2.80 bits per heavy atom. The lowest BCUT2D eigenvalue weighted by molar-refractivity contribution is -0.384. The molecule has 1 aromatic carbocycles. The van der Waals surface area contributed by atoms with Gasteiger partial charge in [0.2, 0.25) is 5.88 Å². The fourth-order valence-corrected chi connectivity index (χ4v) is 1.90. The van der Waals surface area contributed by atoms with Crippen LogP contribution in [0.25, 0.3) is 0 Å². The van der Waals surface area contributed by atoms with E-state index in [0.29, 0.717) is 6.61 Å². The third-order valence-electron chi connectivity index (χ3n) is 2.95. The van der Waals surface area contributed by atoms with Crippen molar-refractivity contribution in [3.8, 4) is 5.88 Å². The molecule has 0 fully saturated rings. The number of nitrogens with one attached hydrogen (secondary N) is 1. The first-order valence-electron chi connectivity index (χ1n) is 7.30. The predicted molar refractivity (Wildman–Crippen MR) is 87.4 cm³/mol. The van der Waals surface area contributed by atoms with Crippen molar-refractivity contribution in [3.63, 3.8) is 0 Å². The summed E-state index contributed by atoms with van der Waals surface area (Å²) < 4.78 is 10.1. The topological polar surface area (TPSA) is 121 Å². The van der Waals surface area contributed by atoms with Gasteiger partial charge in [-0.2, -0.15) is 0 Å². The lowest BCUT2D eigenvalue weighted by atomic mass is 10.2. The average Bonchev–Trinajstić information content (AvgIpc) is 2.60. The standard InChI is InChI=1S/C16H15N3O6/c1-2-24-15-13(7-4-8-17-15)16(21)25-10-14(20)18-11-5-3-6-12(9-11)19(22)23/h3-9H,2,10H2,1H3,(H,18,20). The Bertz CT molecular complexity index is 793. The summed E-state index contributed by atoms with van der Waals surface area (Å²) in [5, 5.41) is 13.1. The number of amides is 1. The number of hydrogen-bond donors (Lipinski definition) is 1. The van der Waals surface area contributed by atoms with Crippen molar-refractivity contribution in [2.75, 3.05) is 18.5 Å². The summed E-state index contributed by atoms with van der Waals surface area (Å²) >= 11 is 0. The molecule has 9 heteroatoms. The molecule has 0 radical (unpaired) electrons. The van der Waals surface area contributed by atoms with E-state index in [4.69, 9.17) is 9.47 Å². The number of nitro groups is 1. The van der Waals surface area contributed by atoms with Gasteiger partial charge in [0.1, 0.15) is 5.56 Å². The van der Waals surface area contributed by atoms with Crippen LogP contribution in [0.2, 0.25) is 0 Å². The second-order valence-corrected chi connectivity index (χ2v) is 4.72. The molecule has 25 heavy (non-hydrogen) atoms. The molecule has 0 saturated carbocycles. The van der Waals surface area contributed by atoms with E-state index in [2.05, 4.69) is 10.3 Å². The maximum absolute atomic E-state index is 12.0. The van der Waals surface area contributed by atoms with Crippen LogP contribution in [0.1, 0.15) is 17.3 Å². The number of nitrogens with zero attached hydrogens (tertiary/aromatic N) is 2. The molecule has 1 amide bonds. The SMILES string of the molecule is CCOc1ncccc1C(=O)OCC(=O)Nc1cccc([N+](=O)[O-])c1. The van der Waals surface area contributed by atoms with E-state index in [9.17, 15) is 19.7 Å². The van der Waals surface area contributed by atoms with Crippen molar-refractivity contribution in [2.24, 2.45) is 0 Å². The van der Waals surface area contributed by atoms with Crippen LogP contribution in [0.4, 0.5) is 11.4 Å². The van der Waals surface area contributed by atoms with Gasteiger partial charge in [0.05, 0.1) is 11.5 Å². The number of esters is 1. The molecule has 0 saturated heterocycles. The molecule has 2 rings (SSSR count). The molecule has 0 unspecified atom stereocenters. The van der Waals surface area contributed by atoms with Crippen LogP contribution < -0.4 is 10.1 Å². The molecular formula is C16H15N3O6. The number of benzene rings is 1. The van der Waals surface area contributed by atoms with Crippen LogP contribution in [0.15, 0.2) is 42.6 Å². The zero-order chi connectivity index (χ0) is 18.2. The maximum atomic E-state index is 12.0. The summed E-state index contributed by atoms with van der Waals surface area (Å²) in [6.07, 6.45) is 1.47. The summed E-state index contributed by atoms with van der Waals surface area (Å²) in [4.78, 5) is 37.9. The molecule has 130 valence electrons. The van der Waals surface area contributed by atoms with Crippen LogP contribution in [-0.4, -0.2) is 35.0 Å². The van der Waals surface area contributed by atoms with Crippen LogP contribution in [0, 0.1) is 10.1 Å². The molecule has 9 nitrogen and oxygen atoms in total. The highest BCUT2D eigenvalue weighted by molar-refractivity contribution is 5.96. The minimum Gasteiger partial charge on any atom is -0.477 e. The molecule has 0 aliphatic carbocycles. The minimum absolute atomic E-state index is 0.104. The van der Waals surface area contributed by atoms with E-state index in [1.165, 1.54) is 36.5 Å². The smallest absolute Gasteiger partial charge is 0.344 e. The van der Waals surface area contributed by atoms with Gasteiger partial charge in [-0.1, -0.05) is 6.07 Å². The van der Waals surface area contributed by atoms with Crippen LogP contribution in [0.5, 0.6) is 5.88 Å². The van der Waals surface area contributed by atoms with Crippen molar-refractivity contribution in [3.05, 3.63) is 58.3 Å². The number of hydrogen-bond acceptors (Lipinski definition) is 7. The second-order valence-electron chi connectivity index (χ2n) is 4.72. The third-order valence-corrected chi connectivity index (χ3v) is 2.95. The molecule has 1 heterocycles. The van der Waals surface area contributed by atoms with E-state index in [1.54, 1.807) is 13.0 Å². The minimum atomic E-state index is -0.759. The third kappa shape index (κ3) is 4.99. The molecule has 0 atom stereocenters. The van der Waals surface area contributed by atoms with Gasteiger partial charge in [-0.3, -0.25) is 14.9 Å². The van der Waals surface area contributed by atoms with E-state index in [0.717, 1.165) is 0 Å². The number of carbonyl (C=O) groups excluding carboxylic acids is 2. The predicted octanol–water partition coefficient (Wildman–Crippen LogP) is 2.18. The summed E-state index contributed by atoms with van der Waals surface area (Å²) in [6.45, 7) is 1.52. The fourth-order valence-electron chi connectivity index (χ4n) is 1.90. The van der Waals surface area contributed by atoms with Gasteiger partial charge >= 0.3 is 5.97 Å². The van der Waals surface area contributed by atoms with E-state index in [1.807, 2.05) is 0 Å². The van der Waals surface area contributed by atoms with E-state index < -0.39 is 23.4 Å². The van der Waals surface area contributed by atoms with Crippen molar-refractivity contribution in [2.45, 2.75) is 6.92 Å². The summed E-state index contributed by atoms with van der Waals surface area (Å²) in [5.74, 6) is -1.27. The van der Waals surface area contributed by atoms with Crippen molar-refractivity contribution in [1.29, 1.82) is 0 Å². The van der Waals surface area contributed by atoms with Gasteiger partial charge in [-0.25, -0.2) is 9.78 Å². The zero-order valence-corrected chi connectivity index (χ0v) is 13.3. The Labute approximate surface area is 142 Å². The zero-order valence-electron chi connectivity index (χ0n) is 13.3. The molecule has 1 aromatic heterocycles. The lowest BCUT2D eigenvalue weighted by Gasteiger charge is -2.09. The lowest BCUT2D eigenvalue weighted by Crippen LogP contribution is -2.21. The Kier molecular flexibility index (Phi) is 5.99. The van der Waals surface area contributed by atoms with Gasteiger partial charge in [-0.05, 0) is 25.1 Å². The Morgan fingerprint density at radius 2 is 2.08 bits per heavy atom. The fraction of sp³-hybridized carbons (Fsp3) is 0.188. The number of ether oxygens (including phenoxy) is 2. The second kappa shape index (κ2) is 8.39. The number of pyridine rings is 1. The average molecular weight is 345 g/mol. The first-order valence-corrected chi connectivity index (χ1v) is 7.30. The first kappa shape index (κ1) is 17.9. The normalized spacial score (nSPS) is 9.96. The Hall–Kier alpha value is -3.49. The monoisotopic (exact) mass is 345 g/mol. The van der Waals surface area contributed by atoms with Crippen LogP contribution >= 0.6 is 0 Å². The Morgan fingerprint density at radius 1 is 1.28 bits per heavy atom. The highest BCUT2D eigenvalue weighted by Gasteiger charge is 2.16. The van der Waals surface area contributed by atoms with Crippen molar-refractivity contribution < 1.29 is 24.0 Å². The number of aromatic nitrogens is 1. The quantitative estimate of drug-likeness (QED) is 0.464. The largest absolute Gasteiger partial charge is 0.477 e. The van der Waals surface area contributed by atoms with E-state index in [-0.39, 0.29) is 22.8 Å². The highest BCUT2D eigenvalue weighted by Crippen LogP contribution is 2.17. The molecule has 0 aliphatic rings. The van der Waals surface area contributed by atoms with Gasteiger partial charge in [-0.15, -0.1) is 0 Å². The Balaban J connectivity index is 1.95. The van der Waals surface area contributed by atoms with Gasteiger partial charge in [0, 0.05) is 24.0 Å². The molecule has 0 bridgehead atoms. The van der Waals surface area contributed by atoms with Crippen molar-refractivity contribution >= 4 is 23.3 Å². The number of anilines is 1. The number of carbonyl (C=O) groups is 2. The van der Waals surface area contributed by atoms with Gasteiger partial charge in [0.25, 0.3) is 11.6 Å². The van der Waals surface area contributed by atoms with Crippen LogP contribution in [0.3, 0.4) is 0 Å². The number of non-ortho nitro benzene ring substituents is 1. The highest BCUT2D eigenvalue weighted by atomic mass is 16.6. The van der Waals surface area contributed by atoms with Gasteiger partial charge in [0.15, 0.2) is 6.61 Å². The summed E-state index contributed by atoms with van der Waals surface area (Å²) in [6, 6.07) is 8.44. The molecule has 1 N–H and O–H groups in total. The maximum Gasteiger partial charge on any atom is 0.344 e. The summed E-state index contributed by atoms with van der Waals surface area (Å²) in [5.41, 5.74) is 0.172. The molecular weight excluding hydrogens is 330 g/mol. The molecule has 0 aliphatic heterocycles. The number of nitro benzene ring substituents is 1. The summed E-state index contributed by atoms with van der Waals surface area (Å²) in [7, 11) is 0. The first-order chi connectivity index (χ1) is 12.0. The molecule has 0 spiro atoms. The van der Waals surface area contributed by atoms with E-state index >= 15 is 0 Å². The van der Waals surface area contributed by atoms with Crippen LogP contribution in [-0.2, 0) is 9.53 Å². The number of rotatable bonds is 7. The van der Waals surface area contributed by atoms with Gasteiger partial charge < -0.3 is 14.8 Å².